The number of nitrogens with one attached hydrogen (secondary N) is 1. The maximum absolute atomic E-state index is 11.7. The number of carbonyl (C=O) groups excluding carboxylic acids is 1. The minimum Gasteiger partial charge on any atom is -0.359 e. The van der Waals surface area contributed by atoms with Crippen LogP contribution in [-0.4, -0.2) is 36.5 Å². The Morgan fingerprint density at radius 2 is 2.24 bits per heavy atom. The van der Waals surface area contributed by atoms with Crippen molar-refractivity contribution in [2.45, 2.75) is 20.3 Å². The number of nitrogens with zero attached hydrogens (tertiary/aromatic N) is 3. The molecule has 0 fully saturated rings. The van der Waals surface area contributed by atoms with Crippen molar-refractivity contribution in [1.29, 1.82) is 0 Å². The topological polar surface area (TPSA) is 58.1 Å². The van der Waals surface area contributed by atoms with Crippen molar-refractivity contribution in [2.24, 2.45) is 5.92 Å². The number of hydrogen-bond donors (Lipinski definition) is 1. The van der Waals surface area contributed by atoms with Crippen LogP contribution >= 0.6 is 22.9 Å². The van der Waals surface area contributed by atoms with E-state index in [1.54, 1.807) is 18.4 Å². The summed E-state index contributed by atoms with van der Waals surface area (Å²) < 4.78 is 0. The van der Waals surface area contributed by atoms with Gasteiger partial charge in [-0.2, -0.15) is 4.98 Å². The smallest absolute Gasteiger partial charge is 0.225 e. The van der Waals surface area contributed by atoms with E-state index in [2.05, 4.69) is 28.3 Å². The Hall–Kier alpha value is -1.40. The third kappa shape index (κ3) is 3.44. The number of thiophene rings is 1. The van der Waals surface area contributed by atoms with Crippen molar-refractivity contribution in [1.82, 2.24) is 15.3 Å². The molecule has 0 aliphatic heterocycles. The molecule has 1 unspecified atom stereocenters. The quantitative estimate of drug-likeness (QED) is 0.858. The fourth-order valence-corrected chi connectivity index (χ4v) is 3.40. The second kappa shape index (κ2) is 6.58. The first-order valence-corrected chi connectivity index (χ1v) is 8.04. The van der Waals surface area contributed by atoms with Crippen LogP contribution in [0.25, 0.3) is 10.2 Å². The van der Waals surface area contributed by atoms with Crippen LogP contribution in [0.5, 0.6) is 0 Å². The largest absolute Gasteiger partial charge is 0.359 e. The molecular formula is C14H19ClN4OS. The fraction of sp³-hybridized carbons (Fsp3) is 0.500. The van der Waals surface area contributed by atoms with Gasteiger partial charge in [-0.15, -0.1) is 11.3 Å². The van der Waals surface area contributed by atoms with Crippen molar-refractivity contribution < 1.29 is 4.79 Å². The van der Waals surface area contributed by atoms with Gasteiger partial charge >= 0.3 is 0 Å². The van der Waals surface area contributed by atoms with E-state index in [9.17, 15) is 4.79 Å². The van der Waals surface area contributed by atoms with E-state index in [-0.39, 0.29) is 17.1 Å². The first kappa shape index (κ1) is 16.0. The maximum atomic E-state index is 11.7. The van der Waals surface area contributed by atoms with Gasteiger partial charge in [0.25, 0.3) is 0 Å². The van der Waals surface area contributed by atoms with E-state index in [0.29, 0.717) is 6.54 Å². The van der Waals surface area contributed by atoms with Crippen LogP contribution in [0.15, 0.2) is 6.07 Å². The zero-order valence-corrected chi connectivity index (χ0v) is 14.2. The van der Waals surface area contributed by atoms with Gasteiger partial charge in [0.1, 0.15) is 10.6 Å². The molecule has 0 aliphatic rings. The Kier molecular flexibility index (Phi) is 5.00. The van der Waals surface area contributed by atoms with Crippen molar-refractivity contribution in [3.63, 3.8) is 0 Å². The molecule has 0 bridgehead atoms. The highest BCUT2D eigenvalue weighted by Gasteiger charge is 2.18. The highest BCUT2D eigenvalue weighted by molar-refractivity contribution is 7.18. The molecule has 2 rings (SSSR count). The molecule has 0 saturated heterocycles. The van der Waals surface area contributed by atoms with Gasteiger partial charge in [-0.3, -0.25) is 4.79 Å². The van der Waals surface area contributed by atoms with Crippen LogP contribution in [0.1, 0.15) is 18.7 Å². The summed E-state index contributed by atoms with van der Waals surface area (Å²) in [6.45, 7) is 4.57. The summed E-state index contributed by atoms with van der Waals surface area (Å²) in [6, 6.07) is 2.10. The first-order valence-electron chi connectivity index (χ1n) is 6.85. The Morgan fingerprint density at radius 3 is 2.86 bits per heavy atom. The van der Waals surface area contributed by atoms with Crippen LogP contribution < -0.4 is 10.2 Å². The zero-order chi connectivity index (χ0) is 15.6. The number of rotatable bonds is 5. The number of halogens is 1. The molecule has 1 atom stereocenters. The average Bonchev–Trinajstić information content (AvgIpc) is 2.87. The summed E-state index contributed by atoms with van der Waals surface area (Å²) in [5.74, 6) is 0.655. The molecule has 0 aromatic carbocycles. The third-order valence-electron chi connectivity index (χ3n) is 3.35. The summed E-state index contributed by atoms with van der Waals surface area (Å²) in [4.78, 5) is 24.4. The molecule has 114 valence electrons. The summed E-state index contributed by atoms with van der Waals surface area (Å²) in [6.07, 6.45) is 0.955. The Labute approximate surface area is 133 Å². The second-order valence-corrected chi connectivity index (χ2v) is 6.45. The first-order chi connectivity index (χ1) is 9.96. The van der Waals surface area contributed by atoms with E-state index in [1.165, 1.54) is 4.88 Å². The maximum Gasteiger partial charge on any atom is 0.225 e. The van der Waals surface area contributed by atoms with E-state index >= 15 is 0 Å². The van der Waals surface area contributed by atoms with Crippen molar-refractivity contribution in [3.8, 4) is 0 Å². The minimum absolute atomic E-state index is 0.0119. The molecule has 0 radical (unpaired) electrons. The molecule has 2 aromatic heterocycles. The number of fused-ring (bicyclic) bond motifs is 1. The number of aryl methyl sites for hydroxylation is 1. The number of hydrogen-bond acceptors (Lipinski definition) is 5. The lowest BCUT2D eigenvalue weighted by Crippen LogP contribution is -2.34. The molecule has 2 heterocycles. The Balaban J connectivity index is 2.35. The van der Waals surface area contributed by atoms with Crippen molar-refractivity contribution in [3.05, 3.63) is 16.2 Å². The van der Waals surface area contributed by atoms with Gasteiger partial charge < -0.3 is 10.2 Å². The number of anilines is 1. The van der Waals surface area contributed by atoms with E-state index in [1.807, 2.05) is 18.9 Å². The van der Waals surface area contributed by atoms with Crippen molar-refractivity contribution >= 4 is 44.9 Å². The van der Waals surface area contributed by atoms with Crippen LogP contribution in [0.2, 0.25) is 5.28 Å². The molecule has 0 spiro atoms. The lowest BCUT2D eigenvalue weighted by atomic mass is 10.1. The van der Waals surface area contributed by atoms with Crippen LogP contribution in [0.3, 0.4) is 0 Å². The van der Waals surface area contributed by atoms with Gasteiger partial charge in [-0.1, -0.05) is 13.8 Å². The van der Waals surface area contributed by atoms with E-state index < -0.39 is 0 Å². The Morgan fingerprint density at radius 1 is 1.52 bits per heavy atom. The van der Waals surface area contributed by atoms with Gasteiger partial charge in [0.2, 0.25) is 11.2 Å². The number of carbonyl (C=O) groups is 1. The molecule has 0 saturated carbocycles. The van der Waals surface area contributed by atoms with Gasteiger partial charge in [-0.25, -0.2) is 4.98 Å². The predicted octanol–water partition coefficient (Wildman–Crippen LogP) is 2.73. The molecule has 7 heteroatoms. The molecule has 21 heavy (non-hydrogen) atoms. The summed E-state index contributed by atoms with van der Waals surface area (Å²) in [5.41, 5.74) is 0. The van der Waals surface area contributed by atoms with Gasteiger partial charge in [0.15, 0.2) is 0 Å². The molecular weight excluding hydrogens is 308 g/mol. The molecule has 1 amide bonds. The van der Waals surface area contributed by atoms with Gasteiger partial charge in [0.05, 0.1) is 11.3 Å². The van der Waals surface area contributed by atoms with Gasteiger partial charge in [-0.05, 0) is 24.1 Å². The van der Waals surface area contributed by atoms with Crippen LogP contribution in [0, 0.1) is 5.92 Å². The minimum atomic E-state index is -0.131. The summed E-state index contributed by atoms with van der Waals surface area (Å²) in [7, 11) is 3.56. The summed E-state index contributed by atoms with van der Waals surface area (Å²) in [5, 5.41) is 3.89. The standard InChI is InChI=1S/C14H19ClN4OS/c1-5-9-6-10-11(17-14(15)18-13(10)21-9)19(4)7-8(2)12(20)16-3/h6,8H,5,7H2,1-4H3,(H,16,20). The van der Waals surface area contributed by atoms with Gasteiger partial charge in [0, 0.05) is 25.5 Å². The normalized spacial score (nSPS) is 12.4. The number of aromatic nitrogens is 2. The molecule has 2 aromatic rings. The predicted molar refractivity (Wildman–Crippen MR) is 88.3 cm³/mol. The highest BCUT2D eigenvalue weighted by Crippen LogP contribution is 2.32. The average molecular weight is 327 g/mol. The second-order valence-electron chi connectivity index (χ2n) is 5.00. The van der Waals surface area contributed by atoms with Crippen LogP contribution in [0.4, 0.5) is 5.82 Å². The third-order valence-corrected chi connectivity index (χ3v) is 4.69. The summed E-state index contributed by atoms with van der Waals surface area (Å²) >= 11 is 7.66. The van der Waals surface area contributed by atoms with E-state index in [4.69, 9.17) is 11.6 Å². The molecule has 1 N–H and O–H groups in total. The van der Waals surface area contributed by atoms with E-state index in [0.717, 1.165) is 22.5 Å². The SMILES string of the molecule is CCc1cc2c(N(C)CC(C)C(=O)NC)nc(Cl)nc2s1. The van der Waals surface area contributed by atoms with Crippen LogP contribution in [-0.2, 0) is 11.2 Å². The lowest BCUT2D eigenvalue weighted by Gasteiger charge is -2.22. The zero-order valence-electron chi connectivity index (χ0n) is 12.6. The lowest BCUT2D eigenvalue weighted by molar-refractivity contribution is -0.123. The monoisotopic (exact) mass is 326 g/mol. The molecule has 5 nitrogen and oxygen atoms in total. The number of amides is 1. The fourth-order valence-electron chi connectivity index (χ4n) is 2.22. The van der Waals surface area contributed by atoms with Crippen molar-refractivity contribution in [2.75, 3.05) is 25.5 Å². The Bertz CT molecular complexity index is 658. The highest BCUT2D eigenvalue weighted by atomic mass is 35.5. The molecule has 0 aliphatic carbocycles.